The fraction of sp³-hybridized carbons (Fsp3) is 0.0952. The second-order valence-corrected chi connectivity index (χ2v) is 9.12. The third kappa shape index (κ3) is 4.16. The molecule has 0 bridgehead atoms. The average Bonchev–Trinajstić information content (AvgIpc) is 3.11. The highest BCUT2D eigenvalue weighted by Gasteiger charge is 2.17. The van der Waals surface area contributed by atoms with Crippen molar-refractivity contribution in [3.05, 3.63) is 83.1 Å². The van der Waals surface area contributed by atoms with E-state index in [1.807, 2.05) is 0 Å². The number of nitrogens with zero attached hydrogens (tertiary/aromatic N) is 1. The van der Waals surface area contributed by atoms with Gasteiger partial charge in [-0.3, -0.25) is 0 Å². The van der Waals surface area contributed by atoms with E-state index in [-0.39, 0.29) is 16.3 Å². The molecule has 4 nitrogen and oxygen atoms in total. The Balaban J connectivity index is 1.50. The molecular weight excluding hydrogens is 418 g/mol. The van der Waals surface area contributed by atoms with Gasteiger partial charge in [-0.05, 0) is 53.9 Å². The number of hydrogen-bond donors (Lipinski definition) is 1. The van der Waals surface area contributed by atoms with Gasteiger partial charge in [-0.2, -0.15) is 13.8 Å². The molecule has 0 spiro atoms. The highest BCUT2D eigenvalue weighted by Crippen LogP contribution is 2.25. The van der Waals surface area contributed by atoms with E-state index >= 15 is 0 Å². The second-order valence-electron chi connectivity index (χ2n) is 6.60. The molecular formula is C21H15ClF2N2O2S. The third-order valence-electron chi connectivity index (χ3n) is 4.63. The van der Waals surface area contributed by atoms with Crippen LogP contribution in [0.1, 0.15) is 5.56 Å². The molecule has 2 heterocycles. The van der Waals surface area contributed by atoms with Crippen LogP contribution in [0, 0.1) is 11.9 Å². The minimum absolute atomic E-state index is 0.0840. The Bertz CT molecular complexity index is 1300. The van der Waals surface area contributed by atoms with E-state index in [0.717, 1.165) is 17.0 Å². The molecule has 1 N–H and O–H groups in total. The number of aromatic nitrogens is 2. The maximum Gasteiger partial charge on any atom is 0.223 e. The molecule has 0 atom stereocenters. The van der Waals surface area contributed by atoms with Crippen molar-refractivity contribution in [2.24, 2.45) is 0 Å². The van der Waals surface area contributed by atoms with Gasteiger partial charge >= 0.3 is 0 Å². The molecule has 0 amide bonds. The number of rotatable bonds is 5. The molecule has 0 radical (unpaired) electrons. The molecule has 0 saturated heterocycles. The standard InChI is InChI=1S/C21H15ClF2N2O2S/c22-16-5-7-18-15(11-16)12-20(25-18)29(27,28)10-9-13-1-3-14(4-2-13)17-6-8-19(23)26-21(17)24/h1-8,11-12,25H,9-10H2. The van der Waals surface area contributed by atoms with Gasteiger partial charge in [-0.1, -0.05) is 35.9 Å². The van der Waals surface area contributed by atoms with Crippen molar-refractivity contribution >= 4 is 32.3 Å². The van der Waals surface area contributed by atoms with Crippen LogP contribution in [0.3, 0.4) is 0 Å². The van der Waals surface area contributed by atoms with E-state index in [1.54, 1.807) is 48.5 Å². The molecule has 0 saturated carbocycles. The molecule has 0 aliphatic heterocycles. The lowest BCUT2D eigenvalue weighted by atomic mass is 10.0. The van der Waals surface area contributed by atoms with Gasteiger partial charge in [0.1, 0.15) is 5.03 Å². The molecule has 4 rings (SSSR count). The van der Waals surface area contributed by atoms with Crippen LogP contribution >= 0.6 is 11.6 Å². The molecule has 0 unspecified atom stereocenters. The van der Waals surface area contributed by atoms with Crippen molar-refractivity contribution in [3.8, 4) is 11.1 Å². The summed E-state index contributed by atoms with van der Waals surface area (Å²) < 4.78 is 52.1. The summed E-state index contributed by atoms with van der Waals surface area (Å²) in [5, 5.41) is 1.41. The number of sulfone groups is 1. The average molecular weight is 433 g/mol. The van der Waals surface area contributed by atoms with Gasteiger partial charge in [-0.25, -0.2) is 8.42 Å². The number of halogens is 3. The second kappa shape index (κ2) is 7.57. The highest BCUT2D eigenvalue weighted by molar-refractivity contribution is 7.91. The van der Waals surface area contributed by atoms with Crippen LogP contribution in [0.2, 0.25) is 5.02 Å². The Hall–Kier alpha value is -2.77. The van der Waals surface area contributed by atoms with Gasteiger partial charge in [0.15, 0.2) is 9.84 Å². The molecule has 0 fully saturated rings. The Morgan fingerprint density at radius 2 is 1.72 bits per heavy atom. The summed E-state index contributed by atoms with van der Waals surface area (Å²) in [6.45, 7) is 0. The van der Waals surface area contributed by atoms with Gasteiger partial charge in [0, 0.05) is 21.5 Å². The Morgan fingerprint density at radius 3 is 2.45 bits per heavy atom. The molecule has 2 aromatic heterocycles. The van der Waals surface area contributed by atoms with Crippen LogP contribution in [0.25, 0.3) is 22.0 Å². The monoisotopic (exact) mass is 432 g/mol. The van der Waals surface area contributed by atoms with E-state index in [4.69, 9.17) is 11.6 Å². The van der Waals surface area contributed by atoms with Crippen LogP contribution in [0.15, 0.2) is 65.7 Å². The van der Waals surface area contributed by atoms with E-state index in [0.29, 0.717) is 22.5 Å². The van der Waals surface area contributed by atoms with E-state index < -0.39 is 21.7 Å². The number of nitrogens with one attached hydrogen (secondary N) is 1. The highest BCUT2D eigenvalue weighted by atomic mass is 35.5. The first kappa shape index (κ1) is 19.5. The summed E-state index contributed by atoms with van der Waals surface area (Å²) in [4.78, 5) is 6.09. The molecule has 8 heteroatoms. The molecule has 0 aliphatic carbocycles. The summed E-state index contributed by atoms with van der Waals surface area (Å²) in [5.74, 6) is -1.86. The number of benzene rings is 2. The fourth-order valence-corrected chi connectivity index (χ4v) is 4.56. The lowest BCUT2D eigenvalue weighted by Crippen LogP contribution is -2.09. The largest absolute Gasteiger partial charge is 0.346 e. The van der Waals surface area contributed by atoms with Gasteiger partial charge in [0.25, 0.3) is 0 Å². The van der Waals surface area contributed by atoms with Crippen LogP contribution in [-0.2, 0) is 16.3 Å². The van der Waals surface area contributed by atoms with Gasteiger partial charge in [0.2, 0.25) is 11.9 Å². The zero-order valence-electron chi connectivity index (χ0n) is 15.0. The summed E-state index contributed by atoms with van der Waals surface area (Å²) in [7, 11) is -3.52. The number of fused-ring (bicyclic) bond motifs is 1. The topological polar surface area (TPSA) is 62.8 Å². The van der Waals surface area contributed by atoms with Gasteiger partial charge in [0.05, 0.1) is 5.75 Å². The Kier molecular flexibility index (Phi) is 5.10. The number of aryl methyl sites for hydroxylation is 1. The molecule has 148 valence electrons. The normalized spacial score (nSPS) is 11.8. The molecule has 2 aromatic carbocycles. The summed E-state index contributed by atoms with van der Waals surface area (Å²) >= 11 is 5.95. The molecule has 0 aliphatic rings. The van der Waals surface area contributed by atoms with Crippen LogP contribution in [-0.4, -0.2) is 24.1 Å². The van der Waals surface area contributed by atoms with Crippen LogP contribution in [0.4, 0.5) is 8.78 Å². The Morgan fingerprint density at radius 1 is 0.966 bits per heavy atom. The summed E-state index contributed by atoms with van der Waals surface area (Å²) in [5.41, 5.74) is 2.20. The summed E-state index contributed by atoms with van der Waals surface area (Å²) in [6, 6.07) is 15.9. The fourth-order valence-electron chi connectivity index (χ4n) is 3.09. The number of aromatic amines is 1. The predicted octanol–water partition coefficient (Wildman–Crippen LogP) is 5.18. The Labute approximate surface area is 171 Å². The third-order valence-corrected chi connectivity index (χ3v) is 6.50. The van der Waals surface area contributed by atoms with Crippen molar-refractivity contribution in [2.45, 2.75) is 11.4 Å². The van der Waals surface area contributed by atoms with Crippen molar-refractivity contribution in [2.75, 3.05) is 5.75 Å². The minimum atomic E-state index is -3.52. The van der Waals surface area contributed by atoms with Crippen molar-refractivity contribution in [1.82, 2.24) is 9.97 Å². The zero-order valence-corrected chi connectivity index (χ0v) is 16.6. The van der Waals surface area contributed by atoms with Crippen molar-refractivity contribution < 1.29 is 17.2 Å². The zero-order chi connectivity index (χ0) is 20.6. The lowest BCUT2D eigenvalue weighted by Gasteiger charge is -2.06. The van der Waals surface area contributed by atoms with E-state index in [2.05, 4.69) is 9.97 Å². The van der Waals surface area contributed by atoms with Gasteiger partial charge < -0.3 is 4.98 Å². The molecule has 4 aromatic rings. The predicted molar refractivity (Wildman–Crippen MR) is 109 cm³/mol. The lowest BCUT2D eigenvalue weighted by molar-refractivity contribution is 0.515. The van der Waals surface area contributed by atoms with Crippen LogP contribution in [0.5, 0.6) is 0 Å². The first-order valence-corrected chi connectivity index (χ1v) is 10.8. The number of H-pyrrole nitrogens is 1. The van der Waals surface area contributed by atoms with E-state index in [1.165, 1.54) is 6.07 Å². The van der Waals surface area contributed by atoms with E-state index in [9.17, 15) is 17.2 Å². The minimum Gasteiger partial charge on any atom is -0.346 e. The van der Waals surface area contributed by atoms with Crippen LogP contribution < -0.4 is 0 Å². The summed E-state index contributed by atoms with van der Waals surface area (Å²) in [6.07, 6.45) is 0.295. The maximum atomic E-state index is 13.8. The SMILES string of the molecule is O=S(=O)(CCc1ccc(-c2ccc(F)nc2F)cc1)c1cc2cc(Cl)ccc2[nH]1. The van der Waals surface area contributed by atoms with Crippen molar-refractivity contribution in [1.29, 1.82) is 0 Å². The number of pyridine rings is 1. The first-order valence-electron chi connectivity index (χ1n) is 8.74. The smallest absolute Gasteiger partial charge is 0.223 e. The van der Waals surface area contributed by atoms with Gasteiger partial charge in [-0.15, -0.1) is 0 Å². The number of hydrogen-bond acceptors (Lipinski definition) is 3. The maximum absolute atomic E-state index is 13.8. The quantitative estimate of drug-likeness (QED) is 0.442. The van der Waals surface area contributed by atoms with Crippen molar-refractivity contribution in [3.63, 3.8) is 0 Å². The molecule has 29 heavy (non-hydrogen) atoms. The first-order chi connectivity index (χ1) is 13.8.